The van der Waals surface area contributed by atoms with Gasteiger partial charge in [0.15, 0.2) is 0 Å². The Morgan fingerprint density at radius 2 is 2.00 bits per heavy atom. The van der Waals surface area contributed by atoms with Crippen LogP contribution in [0.2, 0.25) is 0 Å². The van der Waals surface area contributed by atoms with Crippen molar-refractivity contribution in [3.05, 3.63) is 24.3 Å². The average molecular weight is 287 g/mol. The molecule has 1 aliphatic rings. The zero-order valence-electron chi connectivity index (χ0n) is 11.8. The van der Waals surface area contributed by atoms with Crippen LogP contribution in [0.15, 0.2) is 24.3 Å². The van der Waals surface area contributed by atoms with E-state index >= 15 is 0 Å². The van der Waals surface area contributed by atoms with E-state index in [1.165, 1.54) is 18.6 Å². The van der Waals surface area contributed by atoms with Crippen molar-refractivity contribution in [3.63, 3.8) is 0 Å². The Morgan fingerprint density at radius 3 is 2.65 bits per heavy atom. The lowest BCUT2D eigenvalue weighted by atomic mass is 9.73. The second-order valence-corrected chi connectivity index (χ2v) is 6.01. The molecule has 1 atom stereocenters. The molecule has 2 nitrogen and oxygen atoms in total. The summed E-state index contributed by atoms with van der Waals surface area (Å²) < 4.78 is 40.6. The molecule has 1 aromatic rings. The van der Waals surface area contributed by atoms with E-state index < -0.39 is 6.36 Å². The summed E-state index contributed by atoms with van der Waals surface area (Å²) in [7, 11) is 0. The zero-order valence-corrected chi connectivity index (χ0v) is 11.8. The van der Waals surface area contributed by atoms with Gasteiger partial charge in [0.2, 0.25) is 0 Å². The molecule has 0 radical (unpaired) electrons. The molecule has 1 N–H and O–H groups in total. The maximum atomic E-state index is 12.2. The Labute approximate surface area is 117 Å². The van der Waals surface area contributed by atoms with Gasteiger partial charge in [-0.15, -0.1) is 13.2 Å². The molecule has 1 fully saturated rings. The summed E-state index contributed by atoms with van der Waals surface area (Å²) in [5, 5.41) is 3.35. The maximum absolute atomic E-state index is 12.2. The highest BCUT2D eigenvalue weighted by molar-refractivity contribution is 5.49. The first-order valence-corrected chi connectivity index (χ1v) is 6.89. The first-order chi connectivity index (χ1) is 9.26. The topological polar surface area (TPSA) is 21.3 Å². The fraction of sp³-hybridized carbons (Fsp3) is 0.600. The molecule has 1 aromatic carbocycles. The van der Waals surface area contributed by atoms with E-state index in [1.807, 2.05) is 0 Å². The lowest BCUT2D eigenvalue weighted by Crippen LogP contribution is -2.38. The molecule has 5 heteroatoms. The Bertz CT molecular complexity index is 457. The Hall–Kier alpha value is -1.39. The van der Waals surface area contributed by atoms with Gasteiger partial charge in [-0.1, -0.05) is 32.8 Å². The molecule has 1 saturated carbocycles. The third kappa shape index (κ3) is 4.05. The van der Waals surface area contributed by atoms with Gasteiger partial charge < -0.3 is 10.1 Å². The van der Waals surface area contributed by atoms with Crippen LogP contribution in [0.4, 0.5) is 18.9 Å². The van der Waals surface area contributed by atoms with Crippen LogP contribution < -0.4 is 10.1 Å². The van der Waals surface area contributed by atoms with Crippen LogP contribution in [0.1, 0.15) is 39.5 Å². The molecule has 1 aliphatic carbocycles. The highest BCUT2D eigenvalue weighted by atomic mass is 19.4. The number of ether oxygens (including phenoxy) is 1. The standard InChI is InChI=1S/C15H20F3NO/c1-14(2)9-4-3-8-13(14)19-11-6-5-7-12(10-11)20-15(16,17)18/h5-7,10,13,19H,3-4,8-9H2,1-2H3. The van der Waals surface area contributed by atoms with Crippen LogP contribution >= 0.6 is 0 Å². The summed E-state index contributed by atoms with van der Waals surface area (Å²) in [6.45, 7) is 4.39. The minimum Gasteiger partial charge on any atom is -0.406 e. The second-order valence-electron chi connectivity index (χ2n) is 6.01. The highest BCUT2D eigenvalue weighted by Crippen LogP contribution is 2.37. The van der Waals surface area contributed by atoms with Crippen LogP contribution in [0.25, 0.3) is 0 Å². The first-order valence-electron chi connectivity index (χ1n) is 6.89. The molecule has 0 amide bonds. The first kappa shape index (κ1) is 15.0. The van der Waals surface area contributed by atoms with Crippen molar-refractivity contribution in [2.45, 2.75) is 51.9 Å². The molecule has 0 aromatic heterocycles. The fourth-order valence-corrected chi connectivity index (χ4v) is 2.75. The van der Waals surface area contributed by atoms with E-state index in [-0.39, 0.29) is 17.2 Å². The van der Waals surface area contributed by atoms with E-state index in [1.54, 1.807) is 12.1 Å². The number of benzene rings is 1. The Morgan fingerprint density at radius 1 is 1.25 bits per heavy atom. The van der Waals surface area contributed by atoms with Crippen molar-refractivity contribution in [3.8, 4) is 5.75 Å². The monoisotopic (exact) mass is 287 g/mol. The molecule has 2 rings (SSSR count). The maximum Gasteiger partial charge on any atom is 0.573 e. The Kier molecular flexibility index (Phi) is 4.16. The van der Waals surface area contributed by atoms with Gasteiger partial charge in [-0.25, -0.2) is 0 Å². The highest BCUT2D eigenvalue weighted by Gasteiger charge is 2.33. The van der Waals surface area contributed by atoms with Crippen LogP contribution in [0.3, 0.4) is 0 Å². The minimum absolute atomic E-state index is 0.152. The van der Waals surface area contributed by atoms with Crippen molar-refractivity contribution in [1.29, 1.82) is 0 Å². The van der Waals surface area contributed by atoms with Crippen LogP contribution in [0.5, 0.6) is 5.75 Å². The fourth-order valence-electron chi connectivity index (χ4n) is 2.75. The van der Waals surface area contributed by atoms with Gasteiger partial charge in [0, 0.05) is 17.8 Å². The number of nitrogens with one attached hydrogen (secondary N) is 1. The van der Waals surface area contributed by atoms with Crippen molar-refractivity contribution < 1.29 is 17.9 Å². The molecular weight excluding hydrogens is 267 g/mol. The van der Waals surface area contributed by atoms with Crippen LogP contribution in [0, 0.1) is 5.41 Å². The van der Waals surface area contributed by atoms with E-state index in [0.717, 1.165) is 19.3 Å². The number of halogens is 3. The summed E-state index contributed by atoms with van der Waals surface area (Å²) in [5.41, 5.74) is 0.825. The van der Waals surface area contributed by atoms with Crippen molar-refractivity contribution >= 4 is 5.69 Å². The largest absolute Gasteiger partial charge is 0.573 e. The molecule has 1 unspecified atom stereocenters. The van der Waals surface area contributed by atoms with Gasteiger partial charge >= 0.3 is 6.36 Å². The van der Waals surface area contributed by atoms with Crippen molar-refractivity contribution in [2.75, 3.05) is 5.32 Å². The van der Waals surface area contributed by atoms with E-state index in [2.05, 4.69) is 23.9 Å². The third-order valence-corrected chi connectivity index (χ3v) is 3.92. The lowest BCUT2D eigenvalue weighted by Gasteiger charge is -2.39. The van der Waals surface area contributed by atoms with E-state index in [0.29, 0.717) is 5.69 Å². The van der Waals surface area contributed by atoms with Crippen molar-refractivity contribution in [1.82, 2.24) is 0 Å². The molecule has 0 aliphatic heterocycles. The van der Waals surface area contributed by atoms with Gasteiger partial charge in [-0.05, 0) is 30.4 Å². The molecule has 0 saturated heterocycles. The number of hydrogen-bond acceptors (Lipinski definition) is 2. The SMILES string of the molecule is CC1(C)CCCCC1Nc1cccc(OC(F)(F)F)c1. The summed E-state index contributed by atoms with van der Waals surface area (Å²) in [4.78, 5) is 0. The quantitative estimate of drug-likeness (QED) is 0.847. The van der Waals surface area contributed by atoms with E-state index in [9.17, 15) is 13.2 Å². The van der Waals surface area contributed by atoms with Crippen LogP contribution in [-0.2, 0) is 0 Å². The number of anilines is 1. The summed E-state index contributed by atoms with van der Waals surface area (Å²) >= 11 is 0. The predicted molar refractivity (Wildman–Crippen MR) is 72.8 cm³/mol. The van der Waals surface area contributed by atoms with Gasteiger partial charge in [0.05, 0.1) is 0 Å². The van der Waals surface area contributed by atoms with Crippen LogP contribution in [-0.4, -0.2) is 12.4 Å². The summed E-state index contributed by atoms with van der Waals surface area (Å²) in [5.74, 6) is -0.184. The smallest absolute Gasteiger partial charge is 0.406 e. The average Bonchev–Trinajstić information content (AvgIpc) is 2.30. The third-order valence-electron chi connectivity index (χ3n) is 3.92. The summed E-state index contributed by atoms with van der Waals surface area (Å²) in [6, 6.07) is 6.33. The molecule has 20 heavy (non-hydrogen) atoms. The normalized spacial score (nSPS) is 22.4. The molecule has 112 valence electrons. The molecule has 0 spiro atoms. The lowest BCUT2D eigenvalue weighted by molar-refractivity contribution is -0.274. The number of alkyl halides is 3. The van der Waals surface area contributed by atoms with Gasteiger partial charge in [-0.2, -0.15) is 0 Å². The Balaban J connectivity index is 2.07. The van der Waals surface area contributed by atoms with Crippen molar-refractivity contribution in [2.24, 2.45) is 5.41 Å². The molecule has 0 bridgehead atoms. The number of rotatable bonds is 3. The predicted octanol–water partition coefficient (Wildman–Crippen LogP) is 4.97. The number of hydrogen-bond donors (Lipinski definition) is 1. The van der Waals surface area contributed by atoms with Gasteiger partial charge in [0.25, 0.3) is 0 Å². The zero-order chi connectivity index (χ0) is 14.8. The van der Waals surface area contributed by atoms with Gasteiger partial charge in [0.1, 0.15) is 5.75 Å². The molecular formula is C15H20F3NO. The second kappa shape index (κ2) is 5.54. The summed E-state index contributed by atoms with van der Waals surface area (Å²) in [6.07, 6.45) is -0.119. The van der Waals surface area contributed by atoms with E-state index in [4.69, 9.17) is 0 Å². The van der Waals surface area contributed by atoms with Gasteiger partial charge in [-0.3, -0.25) is 0 Å². The molecule has 0 heterocycles. The minimum atomic E-state index is -4.65.